The number of fused-ring (bicyclic) bond motifs is 1. The summed E-state index contributed by atoms with van der Waals surface area (Å²) in [6.07, 6.45) is 7.35. The number of rotatable bonds is 11. The minimum atomic E-state index is -0.548. The molecule has 2 aliphatic rings. The number of aromatic nitrogens is 5. The van der Waals surface area contributed by atoms with Crippen molar-refractivity contribution >= 4 is 12.0 Å². The van der Waals surface area contributed by atoms with Gasteiger partial charge in [0.25, 0.3) is 5.91 Å². The Morgan fingerprint density at radius 3 is 2.82 bits per heavy atom. The lowest BCUT2D eigenvalue weighted by Crippen LogP contribution is -2.41. The maximum Gasteiger partial charge on any atom is 0.254 e. The Hall–Kier alpha value is -3.57. The number of hydrogen-bond donors (Lipinski definition) is 3. The van der Waals surface area contributed by atoms with E-state index in [1.54, 1.807) is 31.1 Å². The molecule has 1 unspecified atom stereocenters. The van der Waals surface area contributed by atoms with Gasteiger partial charge < -0.3 is 25.3 Å². The number of aryl methyl sites for hydroxylation is 1. The van der Waals surface area contributed by atoms with Crippen LogP contribution < -0.4 is 16.0 Å². The second-order valence-electron chi connectivity index (χ2n) is 10.4. The van der Waals surface area contributed by atoms with Crippen LogP contribution in [0.3, 0.4) is 0 Å². The largest absolute Gasteiger partial charge is 0.499 e. The monoisotopic (exact) mass is 522 g/mol. The highest BCUT2D eigenvalue weighted by Gasteiger charge is 2.27. The lowest BCUT2D eigenvalue weighted by Gasteiger charge is -2.26. The summed E-state index contributed by atoms with van der Waals surface area (Å²) in [5.41, 5.74) is 2.70. The summed E-state index contributed by atoms with van der Waals surface area (Å²) in [6, 6.07) is 3.03. The van der Waals surface area contributed by atoms with Crippen LogP contribution in [0.25, 0.3) is 23.2 Å². The van der Waals surface area contributed by atoms with Gasteiger partial charge in [-0.05, 0) is 49.9 Å². The van der Waals surface area contributed by atoms with Gasteiger partial charge in [0.15, 0.2) is 0 Å². The van der Waals surface area contributed by atoms with E-state index >= 15 is 0 Å². The number of imidazole rings is 1. The Morgan fingerprint density at radius 1 is 1.26 bits per heavy atom. The number of halogens is 1. The van der Waals surface area contributed by atoms with E-state index in [1.165, 1.54) is 12.1 Å². The minimum Gasteiger partial charge on any atom is -0.499 e. The lowest BCUT2D eigenvalue weighted by atomic mass is 10.1. The van der Waals surface area contributed by atoms with Crippen LogP contribution >= 0.6 is 0 Å². The Labute approximate surface area is 221 Å². The molecule has 11 heteroatoms. The highest BCUT2D eigenvalue weighted by molar-refractivity contribution is 5.95. The maximum absolute atomic E-state index is 14.6. The van der Waals surface area contributed by atoms with Gasteiger partial charge in [-0.25, -0.2) is 14.1 Å². The van der Waals surface area contributed by atoms with Crippen molar-refractivity contribution in [3.05, 3.63) is 53.1 Å². The number of ether oxygens (including phenoxy) is 1. The summed E-state index contributed by atoms with van der Waals surface area (Å²) in [5.74, 6) is 1.26. The fourth-order valence-electron chi connectivity index (χ4n) is 4.57. The standard InChI is InChI=1S/C27H35FN8O2/c1-16(2)12-29-7-8-30-22-14-35-24(13-31-26(35)11-25(22)38-4)21-15-36(34-33-21)23-10-19(20(28)9-17(23)3)27(37)32-18-5-6-18/h9-11,13,15-16,18,22,29-30H,5-8,12,14H2,1-4H3,(H,32,37). The fraction of sp³-hybridized carbons (Fsp3) is 0.481. The van der Waals surface area contributed by atoms with Gasteiger partial charge in [0, 0.05) is 31.8 Å². The molecule has 10 nitrogen and oxygen atoms in total. The van der Waals surface area contributed by atoms with Crippen LogP contribution in [0.5, 0.6) is 0 Å². The van der Waals surface area contributed by atoms with Gasteiger partial charge in [0.05, 0.1) is 42.5 Å². The zero-order chi connectivity index (χ0) is 26.8. The zero-order valence-corrected chi connectivity index (χ0v) is 22.3. The molecule has 1 aliphatic carbocycles. The van der Waals surface area contributed by atoms with Gasteiger partial charge >= 0.3 is 0 Å². The van der Waals surface area contributed by atoms with Crippen LogP contribution in [0, 0.1) is 18.7 Å². The average molecular weight is 523 g/mol. The smallest absolute Gasteiger partial charge is 0.254 e. The first-order valence-corrected chi connectivity index (χ1v) is 13.1. The molecule has 0 saturated heterocycles. The summed E-state index contributed by atoms with van der Waals surface area (Å²) in [5, 5.41) is 18.5. The third-order valence-electron chi connectivity index (χ3n) is 6.79. The Bertz CT molecular complexity index is 1340. The highest BCUT2D eigenvalue weighted by Crippen LogP contribution is 2.27. The molecule has 0 radical (unpaired) electrons. The number of nitrogens with one attached hydrogen (secondary N) is 3. The molecule has 5 rings (SSSR count). The molecule has 1 atom stereocenters. The molecule has 1 aromatic carbocycles. The Kier molecular flexibility index (Phi) is 7.57. The summed E-state index contributed by atoms with van der Waals surface area (Å²) < 4.78 is 23.9. The SMILES string of the molecule is COC1=Cc2ncc(-c3cn(-c4cc(C(=O)NC5CC5)c(F)cc4C)nn3)n2CC1NCCNCC(C)C. The molecular weight excluding hydrogens is 487 g/mol. The summed E-state index contributed by atoms with van der Waals surface area (Å²) in [7, 11) is 1.67. The maximum atomic E-state index is 14.6. The van der Waals surface area contributed by atoms with Crippen molar-refractivity contribution < 1.29 is 13.9 Å². The molecule has 0 spiro atoms. The van der Waals surface area contributed by atoms with E-state index in [-0.39, 0.29) is 17.6 Å². The number of carbonyl (C=O) groups is 1. The molecule has 3 heterocycles. The number of nitrogens with zero attached hydrogens (tertiary/aromatic N) is 5. The predicted octanol–water partition coefficient (Wildman–Crippen LogP) is 2.68. The molecule has 2 aromatic heterocycles. The highest BCUT2D eigenvalue weighted by atomic mass is 19.1. The third-order valence-corrected chi connectivity index (χ3v) is 6.79. The van der Waals surface area contributed by atoms with E-state index in [2.05, 4.69) is 49.7 Å². The number of benzene rings is 1. The topological polar surface area (TPSA) is 111 Å². The molecule has 1 amide bonds. The van der Waals surface area contributed by atoms with E-state index in [1.807, 2.05) is 6.08 Å². The molecule has 38 heavy (non-hydrogen) atoms. The van der Waals surface area contributed by atoms with Crippen LogP contribution in [0.2, 0.25) is 0 Å². The molecule has 3 N–H and O–H groups in total. The Morgan fingerprint density at radius 2 is 2.08 bits per heavy atom. The van der Waals surface area contributed by atoms with Crippen molar-refractivity contribution in [2.75, 3.05) is 26.7 Å². The quantitative estimate of drug-likeness (QED) is 0.332. The Balaban J connectivity index is 1.35. The predicted molar refractivity (Wildman–Crippen MR) is 142 cm³/mol. The minimum absolute atomic E-state index is 0.00492. The molecule has 3 aromatic rings. The van der Waals surface area contributed by atoms with Crippen molar-refractivity contribution in [1.82, 2.24) is 40.5 Å². The van der Waals surface area contributed by atoms with E-state index in [0.717, 1.165) is 49.8 Å². The first kappa shape index (κ1) is 26.1. The molecule has 1 fully saturated rings. The van der Waals surface area contributed by atoms with Crippen molar-refractivity contribution in [3.8, 4) is 17.1 Å². The summed E-state index contributed by atoms with van der Waals surface area (Å²) in [6.45, 7) is 9.43. The summed E-state index contributed by atoms with van der Waals surface area (Å²) in [4.78, 5) is 17.1. The lowest BCUT2D eigenvalue weighted by molar-refractivity contribution is 0.0947. The van der Waals surface area contributed by atoms with E-state index in [4.69, 9.17) is 4.74 Å². The molecule has 1 aliphatic heterocycles. The van der Waals surface area contributed by atoms with Crippen LogP contribution in [0.1, 0.15) is 48.4 Å². The number of hydrogen-bond acceptors (Lipinski definition) is 7. The van der Waals surface area contributed by atoms with Gasteiger partial charge in [0.1, 0.15) is 23.1 Å². The van der Waals surface area contributed by atoms with Crippen LogP contribution in [-0.2, 0) is 11.3 Å². The average Bonchev–Trinajstić information content (AvgIpc) is 3.40. The number of methoxy groups -OCH3 is 1. The number of carbonyl (C=O) groups excluding carboxylic acids is 1. The van der Waals surface area contributed by atoms with Crippen molar-refractivity contribution in [2.24, 2.45) is 5.92 Å². The van der Waals surface area contributed by atoms with Crippen LogP contribution in [0.4, 0.5) is 4.39 Å². The summed E-state index contributed by atoms with van der Waals surface area (Å²) >= 11 is 0. The molecule has 1 saturated carbocycles. The van der Waals surface area contributed by atoms with E-state index < -0.39 is 11.7 Å². The first-order valence-electron chi connectivity index (χ1n) is 13.1. The van der Waals surface area contributed by atoms with E-state index in [9.17, 15) is 9.18 Å². The van der Waals surface area contributed by atoms with Gasteiger partial charge in [-0.15, -0.1) is 5.10 Å². The van der Waals surface area contributed by atoms with Crippen molar-refractivity contribution in [2.45, 2.75) is 52.2 Å². The second-order valence-corrected chi connectivity index (χ2v) is 10.4. The third kappa shape index (κ3) is 5.63. The van der Waals surface area contributed by atoms with E-state index in [0.29, 0.717) is 29.4 Å². The van der Waals surface area contributed by atoms with Gasteiger partial charge in [-0.1, -0.05) is 19.1 Å². The zero-order valence-electron chi connectivity index (χ0n) is 22.3. The molecular formula is C27H35FN8O2. The normalized spacial score (nSPS) is 16.9. The first-order chi connectivity index (χ1) is 18.3. The molecule has 0 bridgehead atoms. The van der Waals surface area contributed by atoms with Crippen LogP contribution in [0.15, 0.2) is 30.3 Å². The van der Waals surface area contributed by atoms with Gasteiger partial charge in [0.2, 0.25) is 0 Å². The van der Waals surface area contributed by atoms with Gasteiger partial charge in [-0.3, -0.25) is 4.79 Å². The second kappa shape index (κ2) is 11.0. The molecule has 202 valence electrons. The van der Waals surface area contributed by atoms with Crippen LogP contribution in [-0.4, -0.2) is 69.3 Å². The van der Waals surface area contributed by atoms with Crippen molar-refractivity contribution in [3.63, 3.8) is 0 Å². The fourth-order valence-corrected chi connectivity index (χ4v) is 4.57. The number of amides is 1. The van der Waals surface area contributed by atoms with Crippen molar-refractivity contribution in [1.29, 1.82) is 0 Å². The van der Waals surface area contributed by atoms with Gasteiger partial charge in [-0.2, -0.15) is 0 Å².